The standard InChI is InChI=1S/C10H13F2NO2S/c1-2-16-6-3-7(11)10(8(12)4-6)15-5-9(13)14/h3-4,9,14H,2,5,13H2,1H3. The summed E-state index contributed by atoms with van der Waals surface area (Å²) in [7, 11) is 0. The van der Waals surface area contributed by atoms with Gasteiger partial charge in [0.05, 0.1) is 0 Å². The van der Waals surface area contributed by atoms with Crippen LogP contribution in [0.5, 0.6) is 5.75 Å². The highest BCUT2D eigenvalue weighted by molar-refractivity contribution is 7.99. The maximum absolute atomic E-state index is 13.4. The van der Waals surface area contributed by atoms with Crippen LogP contribution in [0, 0.1) is 11.6 Å². The van der Waals surface area contributed by atoms with Crippen LogP contribution in [-0.4, -0.2) is 23.7 Å². The zero-order valence-corrected chi connectivity index (χ0v) is 9.56. The first-order chi connectivity index (χ1) is 7.54. The van der Waals surface area contributed by atoms with Crippen LogP contribution in [0.3, 0.4) is 0 Å². The number of rotatable bonds is 5. The Balaban J connectivity index is 2.85. The molecule has 0 radical (unpaired) electrons. The van der Waals surface area contributed by atoms with Gasteiger partial charge in [0, 0.05) is 4.90 Å². The quantitative estimate of drug-likeness (QED) is 0.616. The summed E-state index contributed by atoms with van der Waals surface area (Å²) in [6.07, 6.45) is -1.26. The second-order valence-electron chi connectivity index (χ2n) is 3.03. The van der Waals surface area contributed by atoms with E-state index in [1.165, 1.54) is 23.9 Å². The number of aliphatic hydroxyl groups is 1. The van der Waals surface area contributed by atoms with Crippen LogP contribution in [0.25, 0.3) is 0 Å². The van der Waals surface area contributed by atoms with E-state index in [-0.39, 0.29) is 6.61 Å². The van der Waals surface area contributed by atoms with Crippen molar-refractivity contribution < 1.29 is 18.6 Å². The largest absolute Gasteiger partial charge is 0.483 e. The maximum atomic E-state index is 13.4. The number of benzene rings is 1. The SMILES string of the molecule is CCSc1cc(F)c(OCC(N)O)c(F)c1. The number of aliphatic hydroxyl groups excluding tert-OH is 1. The highest BCUT2D eigenvalue weighted by Gasteiger charge is 2.13. The van der Waals surface area contributed by atoms with E-state index in [9.17, 15) is 8.78 Å². The molecule has 1 aromatic rings. The Morgan fingerprint density at radius 2 is 2.00 bits per heavy atom. The Hall–Kier alpha value is -0.850. The van der Waals surface area contributed by atoms with E-state index in [2.05, 4.69) is 0 Å². The molecular weight excluding hydrogens is 236 g/mol. The Morgan fingerprint density at radius 3 is 2.44 bits per heavy atom. The molecule has 6 heteroatoms. The molecule has 0 aromatic heterocycles. The molecule has 0 amide bonds. The van der Waals surface area contributed by atoms with Crippen LogP contribution in [0.4, 0.5) is 8.78 Å². The summed E-state index contributed by atoms with van der Waals surface area (Å²) in [5.74, 6) is -1.38. The third-order valence-corrected chi connectivity index (χ3v) is 2.54. The molecule has 0 aliphatic carbocycles. The molecular formula is C10H13F2NO2S. The van der Waals surface area contributed by atoms with Crippen molar-refractivity contribution in [3.8, 4) is 5.75 Å². The van der Waals surface area contributed by atoms with Gasteiger partial charge in [-0.3, -0.25) is 0 Å². The van der Waals surface area contributed by atoms with Crippen molar-refractivity contribution in [3.63, 3.8) is 0 Å². The molecule has 0 spiro atoms. The van der Waals surface area contributed by atoms with Gasteiger partial charge in [0.15, 0.2) is 17.4 Å². The first-order valence-electron chi connectivity index (χ1n) is 4.73. The smallest absolute Gasteiger partial charge is 0.190 e. The molecule has 0 aliphatic rings. The van der Waals surface area contributed by atoms with Crippen LogP contribution in [-0.2, 0) is 0 Å². The third-order valence-electron chi connectivity index (χ3n) is 1.68. The van der Waals surface area contributed by atoms with Gasteiger partial charge in [-0.1, -0.05) is 6.92 Å². The fraction of sp³-hybridized carbons (Fsp3) is 0.400. The Morgan fingerprint density at radius 1 is 1.44 bits per heavy atom. The lowest BCUT2D eigenvalue weighted by molar-refractivity contribution is 0.108. The predicted octanol–water partition coefficient (Wildman–Crippen LogP) is 1.73. The average molecular weight is 249 g/mol. The second-order valence-corrected chi connectivity index (χ2v) is 4.36. The van der Waals surface area contributed by atoms with Gasteiger partial charge in [0.2, 0.25) is 0 Å². The van der Waals surface area contributed by atoms with Crippen LogP contribution in [0.1, 0.15) is 6.92 Å². The molecule has 3 nitrogen and oxygen atoms in total. The molecule has 0 bridgehead atoms. The fourth-order valence-corrected chi connectivity index (χ4v) is 1.80. The Bertz CT molecular complexity index is 338. The molecule has 90 valence electrons. The number of ether oxygens (including phenoxy) is 1. The van der Waals surface area contributed by atoms with Crippen LogP contribution < -0.4 is 10.5 Å². The normalized spacial score (nSPS) is 12.6. The molecule has 1 aromatic carbocycles. The number of thioether (sulfide) groups is 1. The summed E-state index contributed by atoms with van der Waals surface area (Å²) in [4.78, 5) is 0.498. The molecule has 16 heavy (non-hydrogen) atoms. The second kappa shape index (κ2) is 6.03. The number of nitrogens with two attached hydrogens (primary N) is 1. The minimum absolute atomic E-state index is 0.353. The number of hydrogen-bond donors (Lipinski definition) is 2. The highest BCUT2D eigenvalue weighted by atomic mass is 32.2. The molecule has 1 atom stereocenters. The molecule has 1 rings (SSSR count). The van der Waals surface area contributed by atoms with Gasteiger partial charge in [-0.05, 0) is 17.9 Å². The van der Waals surface area contributed by atoms with E-state index in [1.54, 1.807) is 0 Å². The summed E-state index contributed by atoms with van der Waals surface area (Å²) in [6, 6.07) is 2.38. The van der Waals surface area contributed by atoms with Gasteiger partial charge in [-0.15, -0.1) is 11.8 Å². The number of hydrogen-bond acceptors (Lipinski definition) is 4. The summed E-state index contributed by atoms with van der Waals surface area (Å²) < 4.78 is 31.5. The van der Waals surface area contributed by atoms with Crippen molar-refractivity contribution in [1.29, 1.82) is 0 Å². The molecule has 0 aliphatic heterocycles. The van der Waals surface area contributed by atoms with Crippen molar-refractivity contribution in [1.82, 2.24) is 0 Å². The Kier molecular flexibility index (Phi) is 4.98. The van der Waals surface area contributed by atoms with Gasteiger partial charge < -0.3 is 15.6 Å². The lowest BCUT2D eigenvalue weighted by Gasteiger charge is -2.10. The molecule has 0 fully saturated rings. The van der Waals surface area contributed by atoms with Gasteiger partial charge in [0.1, 0.15) is 12.8 Å². The van der Waals surface area contributed by atoms with Gasteiger partial charge in [0.25, 0.3) is 0 Å². The number of halogens is 2. The fourth-order valence-electron chi connectivity index (χ4n) is 1.09. The van der Waals surface area contributed by atoms with E-state index >= 15 is 0 Å². The molecule has 0 saturated carbocycles. The van der Waals surface area contributed by atoms with Crippen LogP contribution >= 0.6 is 11.8 Å². The van der Waals surface area contributed by atoms with Crippen molar-refractivity contribution in [3.05, 3.63) is 23.8 Å². The zero-order valence-electron chi connectivity index (χ0n) is 8.74. The lowest BCUT2D eigenvalue weighted by Crippen LogP contribution is -2.27. The van der Waals surface area contributed by atoms with Gasteiger partial charge in [-0.2, -0.15) is 0 Å². The summed E-state index contributed by atoms with van der Waals surface area (Å²) in [5.41, 5.74) is 5.00. The summed E-state index contributed by atoms with van der Waals surface area (Å²) >= 11 is 1.33. The monoisotopic (exact) mass is 249 g/mol. The van der Waals surface area contributed by atoms with Crippen molar-refractivity contribution in [2.75, 3.05) is 12.4 Å². The highest BCUT2D eigenvalue weighted by Crippen LogP contribution is 2.28. The van der Waals surface area contributed by atoms with Crippen molar-refractivity contribution in [2.45, 2.75) is 18.0 Å². The maximum Gasteiger partial charge on any atom is 0.190 e. The predicted molar refractivity (Wildman–Crippen MR) is 58.4 cm³/mol. The third kappa shape index (κ3) is 3.62. The average Bonchev–Trinajstić information content (AvgIpc) is 2.16. The van der Waals surface area contributed by atoms with Crippen molar-refractivity contribution >= 4 is 11.8 Å². The van der Waals surface area contributed by atoms with E-state index < -0.39 is 23.6 Å². The summed E-state index contributed by atoms with van der Waals surface area (Å²) in [5, 5.41) is 8.74. The van der Waals surface area contributed by atoms with Gasteiger partial charge in [-0.25, -0.2) is 8.78 Å². The van der Waals surface area contributed by atoms with Gasteiger partial charge >= 0.3 is 0 Å². The molecule has 0 heterocycles. The van der Waals surface area contributed by atoms with E-state index in [0.29, 0.717) is 4.90 Å². The van der Waals surface area contributed by atoms with Crippen LogP contribution in [0.15, 0.2) is 17.0 Å². The van der Waals surface area contributed by atoms with Crippen LogP contribution in [0.2, 0.25) is 0 Å². The topological polar surface area (TPSA) is 55.5 Å². The minimum atomic E-state index is -1.26. The molecule has 0 saturated heterocycles. The molecule has 1 unspecified atom stereocenters. The van der Waals surface area contributed by atoms with Crippen molar-refractivity contribution in [2.24, 2.45) is 5.73 Å². The lowest BCUT2D eigenvalue weighted by atomic mass is 10.3. The first kappa shape index (κ1) is 13.2. The first-order valence-corrected chi connectivity index (χ1v) is 5.71. The summed E-state index contributed by atoms with van der Waals surface area (Å²) in [6.45, 7) is 1.53. The minimum Gasteiger partial charge on any atom is -0.483 e. The molecule has 3 N–H and O–H groups in total. The van der Waals surface area contributed by atoms with E-state index in [0.717, 1.165) is 5.75 Å². The van der Waals surface area contributed by atoms with E-state index in [4.69, 9.17) is 15.6 Å². The Labute approximate surface area is 96.6 Å². The zero-order chi connectivity index (χ0) is 12.1. The van der Waals surface area contributed by atoms with E-state index in [1.807, 2.05) is 6.92 Å².